The zero-order valence-corrected chi connectivity index (χ0v) is 18.2. The van der Waals surface area contributed by atoms with Crippen LogP contribution in [0.2, 0.25) is 0 Å². The number of pyridine rings is 1. The molecule has 0 aliphatic heterocycles. The first-order valence-corrected chi connectivity index (χ1v) is 10.8. The van der Waals surface area contributed by atoms with E-state index in [0.29, 0.717) is 5.95 Å². The fourth-order valence-corrected chi connectivity index (χ4v) is 4.01. The number of benzene rings is 3. The van der Waals surface area contributed by atoms with Gasteiger partial charge in [-0.15, -0.1) is 0 Å². The molecule has 2 heterocycles. The van der Waals surface area contributed by atoms with Gasteiger partial charge in [-0.2, -0.15) is 0 Å². The third-order valence-electron chi connectivity index (χ3n) is 5.64. The highest BCUT2D eigenvalue weighted by Crippen LogP contribution is 2.35. The molecule has 0 saturated carbocycles. The molecule has 4 heteroatoms. The minimum absolute atomic E-state index is 0.0508. The van der Waals surface area contributed by atoms with Gasteiger partial charge >= 0.3 is 0 Å². The summed E-state index contributed by atoms with van der Waals surface area (Å²) in [5.41, 5.74) is 6.11. The molecule has 5 aromatic rings. The van der Waals surface area contributed by atoms with Gasteiger partial charge in [0.15, 0.2) is 0 Å². The van der Waals surface area contributed by atoms with Crippen LogP contribution in [0.25, 0.3) is 22.2 Å². The van der Waals surface area contributed by atoms with Gasteiger partial charge in [0.25, 0.3) is 0 Å². The molecule has 1 atom stereocenters. The van der Waals surface area contributed by atoms with Gasteiger partial charge in [0.05, 0.1) is 22.9 Å². The van der Waals surface area contributed by atoms with Crippen LogP contribution in [0.1, 0.15) is 24.2 Å². The smallest absolute Gasteiger partial charge is 0.231 e. The average molecular weight is 417 g/mol. The Morgan fingerprint density at radius 1 is 0.750 bits per heavy atom. The van der Waals surface area contributed by atoms with Gasteiger partial charge in [0.1, 0.15) is 0 Å². The molecule has 0 amide bonds. The highest BCUT2D eigenvalue weighted by Gasteiger charge is 2.23. The van der Waals surface area contributed by atoms with Crippen molar-refractivity contribution >= 4 is 22.5 Å². The first-order chi connectivity index (χ1) is 15.7. The zero-order valence-electron chi connectivity index (χ0n) is 18.2. The minimum Gasteiger partial charge on any atom is -0.302 e. The Bertz CT molecular complexity index is 1340. The van der Waals surface area contributed by atoms with Crippen LogP contribution in [0.15, 0.2) is 103 Å². The topological polar surface area (TPSA) is 41.9 Å². The van der Waals surface area contributed by atoms with E-state index < -0.39 is 0 Å². The van der Waals surface area contributed by atoms with Crippen molar-refractivity contribution in [3.05, 3.63) is 115 Å². The lowest BCUT2D eigenvalue weighted by atomic mass is 10.0. The summed E-state index contributed by atoms with van der Waals surface area (Å²) in [6, 6.07) is 32.9. The van der Waals surface area contributed by atoms with Crippen LogP contribution in [-0.4, -0.2) is 15.0 Å². The second kappa shape index (κ2) is 8.60. The zero-order chi connectivity index (χ0) is 21.9. The van der Waals surface area contributed by atoms with Crippen LogP contribution in [0.4, 0.5) is 11.6 Å². The second-order valence-corrected chi connectivity index (χ2v) is 7.89. The van der Waals surface area contributed by atoms with Crippen molar-refractivity contribution in [2.45, 2.75) is 19.9 Å². The molecule has 0 saturated heterocycles. The molecule has 0 spiro atoms. The van der Waals surface area contributed by atoms with Crippen molar-refractivity contribution < 1.29 is 0 Å². The predicted molar refractivity (Wildman–Crippen MR) is 131 cm³/mol. The Balaban J connectivity index is 1.75. The van der Waals surface area contributed by atoms with Crippen LogP contribution in [0, 0.1) is 6.92 Å². The third-order valence-corrected chi connectivity index (χ3v) is 5.64. The van der Waals surface area contributed by atoms with Crippen LogP contribution >= 0.6 is 0 Å². The van der Waals surface area contributed by atoms with E-state index >= 15 is 0 Å². The van der Waals surface area contributed by atoms with Crippen molar-refractivity contribution in [3.8, 4) is 11.3 Å². The Hall–Kier alpha value is -4.05. The number of aromatic nitrogens is 3. The van der Waals surface area contributed by atoms with Gasteiger partial charge in [-0.3, -0.25) is 4.98 Å². The number of nitrogens with zero attached hydrogens (tertiary/aromatic N) is 4. The maximum atomic E-state index is 5.12. The van der Waals surface area contributed by atoms with Crippen LogP contribution < -0.4 is 4.90 Å². The van der Waals surface area contributed by atoms with Crippen molar-refractivity contribution in [1.82, 2.24) is 15.0 Å². The summed E-state index contributed by atoms with van der Waals surface area (Å²) in [4.78, 5) is 16.9. The van der Waals surface area contributed by atoms with E-state index in [1.54, 1.807) is 0 Å². The molecule has 0 aliphatic rings. The second-order valence-electron chi connectivity index (χ2n) is 7.89. The summed E-state index contributed by atoms with van der Waals surface area (Å²) in [6.45, 7) is 4.24. The molecular formula is C28H24N4. The first-order valence-electron chi connectivity index (χ1n) is 10.8. The van der Waals surface area contributed by atoms with E-state index in [9.17, 15) is 0 Å². The molecule has 3 aromatic carbocycles. The highest BCUT2D eigenvalue weighted by molar-refractivity contribution is 5.94. The van der Waals surface area contributed by atoms with Crippen molar-refractivity contribution in [2.24, 2.45) is 0 Å². The molecule has 0 fully saturated rings. The molecule has 1 unspecified atom stereocenters. The fourth-order valence-electron chi connectivity index (χ4n) is 4.01. The first kappa shape index (κ1) is 19.9. The Morgan fingerprint density at radius 2 is 1.47 bits per heavy atom. The Morgan fingerprint density at radius 3 is 2.19 bits per heavy atom. The number of rotatable bonds is 5. The van der Waals surface area contributed by atoms with Crippen LogP contribution in [0.5, 0.6) is 0 Å². The monoisotopic (exact) mass is 416 g/mol. The third kappa shape index (κ3) is 3.83. The van der Waals surface area contributed by atoms with E-state index in [4.69, 9.17) is 9.97 Å². The van der Waals surface area contributed by atoms with Gasteiger partial charge in [0.2, 0.25) is 5.95 Å². The lowest BCUT2D eigenvalue weighted by Crippen LogP contribution is -2.24. The minimum atomic E-state index is -0.0508. The molecule has 0 radical (unpaired) electrons. The van der Waals surface area contributed by atoms with E-state index in [1.165, 1.54) is 5.56 Å². The molecule has 5 rings (SSSR count). The molecule has 0 N–H and O–H groups in total. The number of anilines is 2. The van der Waals surface area contributed by atoms with Crippen LogP contribution in [0.3, 0.4) is 0 Å². The SMILES string of the molecule is Cc1ccc2nc(N(c3ccccc3)C(C)c3ccccn3)nc(-c3ccccc3)c2c1. The number of hydrogen-bond donors (Lipinski definition) is 0. The van der Waals surface area contributed by atoms with Gasteiger partial charge in [-0.25, -0.2) is 9.97 Å². The molecule has 4 nitrogen and oxygen atoms in total. The average Bonchev–Trinajstić information content (AvgIpc) is 2.85. The number of para-hydroxylation sites is 1. The van der Waals surface area contributed by atoms with E-state index in [1.807, 2.05) is 60.8 Å². The van der Waals surface area contributed by atoms with Gasteiger partial charge in [-0.05, 0) is 50.2 Å². The molecule has 0 bridgehead atoms. The Kier molecular flexibility index (Phi) is 5.34. The fraction of sp³-hybridized carbons (Fsp3) is 0.107. The maximum absolute atomic E-state index is 5.12. The quantitative estimate of drug-likeness (QED) is 0.312. The lowest BCUT2D eigenvalue weighted by Gasteiger charge is -2.29. The number of aryl methyl sites for hydroxylation is 1. The standard InChI is InChI=1S/C28H24N4/c1-20-16-17-26-24(19-20)27(22-11-5-3-6-12-22)31-28(30-26)32(23-13-7-4-8-14-23)21(2)25-15-9-10-18-29-25/h3-19,21H,1-2H3. The summed E-state index contributed by atoms with van der Waals surface area (Å²) in [5.74, 6) is 0.657. The summed E-state index contributed by atoms with van der Waals surface area (Å²) < 4.78 is 0. The maximum Gasteiger partial charge on any atom is 0.231 e. The normalized spacial score (nSPS) is 11.9. The van der Waals surface area contributed by atoms with Gasteiger partial charge in [-0.1, -0.05) is 66.2 Å². The summed E-state index contributed by atoms with van der Waals surface area (Å²) >= 11 is 0. The Labute approximate surface area is 188 Å². The predicted octanol–water partition coefficient (Wildman–Crippen LogP) is 6.90. The highest BCUT2D eigenvalue weighted by atomic mass is 15.3. The molecule has 2 aromatic heterocycles. The van der Waals surface area contributed by atoms with Crippen LogP contribution in [-0.2, 0) is 0 Å². The van der Waals surface area contributed by atoms with Crippen molar-refractivity contribution in [2.75, 3.05) is 4.90 Å². The summed E-state index contributed by atoms with van der Waals surface area (Å²) in [5, 5.41) is 1.05. The number of hydrogen-bond acceptors (Lipinski definition) is 4. The van der Waals surface area contributed by atoms with Crippen molar-refractivity contribution in [1.29, 1.82) is 0 Å². The van der Waals surface area contributed by atoms with Gasteiger partial charge < -0.3 is 4.90 Å². The molecular weight excluding hydrogens is 392 g/mol. The molecule has 156 valence electrons. The summed E-state index contributed by atoms with van der Waals surface area (Å²) in [6.07, 6.45) is 1.83. The van der Waals surface area contributed by atoms with Gasteiger partial charge in [0, 0.05) is 22.8 Å². The van der Waals surface area contributed by atoms with E-state index in [-0.39, 0.29) is 6.04 Å². The largest absolute Gasteiger partial charge is 0.302 e. The van der Waals surface area contributed by atoms with Crippen molar-refractivity contribution in [3.63, 3.8) is 0 Å². The van der Waals surface area contributed by atoms with E-state index in [2.05, 4.69) is 66.2 Å². The number of fused-ring (bicyclic) bond motifs is 1. The molecule has 32 heavy (non-hydrogen) atoms. The molecule has 0 aliphatic carbocycles. The summed E-state index contributed by atoms with van der Waals surface area (Å²) in [7, 11) is 0. The van der Waals surface area contributed by atoms with E-state index in [0.717, 1.165) is 33.5 Å². The lowest BCUT2D eigenvalue weighted by molar-refractivity contribution is 0.726.